The lowest BCUT2D eigenvalue weighted by Crippen LogP contribution is -2.30. The van der Waals surface area contributed by atoms with Crippen molar-refractivity contribution in [2.75, 3.05) is 14.2 Å². The standard InChI is InChI=1S/C58H64N2O4/c1-55(2,3)43-23-35(24-44(31-43)56(4,5)6)33-59-51(41-17-15-39-29-47(63-13)21-19-37(39)27-41)49-50(53(59)61)52(42-18-16-40-30-48(64-14)22-20-38(40)28-42)60(54(49)62)34-36-25-45(57(7,8)9)32-46(26-36)58(10,11)12/h15-32H,33-34H2,1-14H3. The second kappa shape index (κ2) is 15.8. The Morgan fingerprint density at radius 2 is 0.688 bits per heavy atom. The van der Waals surface area contributed by atoms with Gasteiger partial charge in [-0.05, 0) is 124 Å². The SMILES string of the molecule is COc1ccc2cc(C3=C4C(=O)N(Cc5cc(C(C)(C)C)cc(C(C)(C)C)c5)C(c5ccc6cc(OC)ccc6c5)=C4C(=O)N3Cc3cc(C(C)(C)C)cc(C(C)(C)C)c3)ccc2c1. The Morgan fingerprint density at radius 3 is 0.984 bits per heavy atom. The third kappa shape index (κ3) is 8.35. The van der Waals surface area contributed by atoms with E-state index in [1.165, 1.54) is 22.3 Å². The van der Waals surface area contributed by atoms with Crippen LogP contribution in [0.1, 0.15) is 128 Å². The molecule has 2 amide bonds. The van der Waals surface area contributed by atoms with Crippen LogP contribution < -0.4 is 9.47 Å². The molecule has 6 heteroatoms. The molecule has 0 atom stereocenters. The van der Waals surface area contributed by atoms with Crippen LogP contribution in [0.3, 0.4) is 0 Å². The molecule has 0 saturated carbocycles. The summed E-state index contributed by atoms with van der Waals surface area (Å²) >= 11 is 0. The Bertz CT molecular complexity index is 2670. The first kappa shape index (κ1) is 44.5. The number of carbonyl (C=O) groups excluding carboxylic acids is 2. The molecule has 0 N–H and O–H groups in total. The first-order valence-electron chi connectivity index (χ1n) is 22.5. The van der Waals surface area contributed by atoms with Crippen molar-refractivity contribution in [2.45, 2.75) is 118 Å². The van der Waals surface area contributed by atoms with E-state index in [4.69, 9.17) is 9.47 Å². The van der Waals surface area contributed by atoms with E-state index in [-0.39, 0.29) is 33.5 Å². The molecule has 2 aliphatic rings. The predicted octanol–water partition coefficient (Wildman–Crippen LogP) is 13.4. The van der Waals surface area contributed by atoms with Gasteiger partial charge in [0.25, 0.3) is 11.8 Å². The zero-order valence-corrected chi connectivity index (χ0v) is 40.3. The highest BCUT2D eigenvalue weighted by Crippen LogP contribution is 2.49. The molecule has 8 rings (SSSR count). The number of methoxy groups -OCH3 is 2. The summed E-state index contributed by atoms with van der Waals surface area (Å²) in [7, 11) is 3.34. The molecule has 0 spiro atoms. The quantitative estimate of drug-likeness (QED) is 0.153. The van der Waals surface area contributed by atoms with Crippen LogP contribution in [-0.4, -0.2) is 35.8 Å². The highest BCUT2D eigenvalue weighted by atomic mass is 16.5. The minimum absolute atomic E-state index is 0.119. The average Bonchev–Trinajstić information content (AvgIpc) is 3.67. The molecule has 0 bridgehead atoms. The highest BCUT2D eigenvalue weighted by molar-refractivity contribution is 6.30. The number of fused-ring (bicyclic) bond motifs is 3. The first-order valence-corrected chi connectivity index (χ1v) is 22.5. The number of amides is 2. The molecule has 6 nitrogen and oxygen atoms in total. The smallest absolute Gasteiger partial charge is 0.261 e. The Labute approximate surface area is 380 Å². The fourth-order valence-corrected chi connectivity index (χ4v) is 8.96. The number of rotatable bonds is 8. The van der Waals surface area contributed by atoms with Gasteiger partial charge in [-0.15, -0.1) is 0 Å². The van der Waals surface area contributed by atoms with Crippen molar-refractivity contribution in [2.24, 2.45) is 0 Å². The van der Waals surface area contributed by atoms with Crippen molar-refractivity contribution in [1.29, 1.82) is 0 Å². The monoisotopic (exact) mass is 852 g/mol. The molecule has 6 aromatic carbocycles. The van der Waals surface area contributed by atoms with Crippen LogP contribution in [0.15, 0.2) is 120 Å². The average molecular weight is 853 g/mol. The lowest BCUT2D eigenvalue weighted by Gasteiger charge is -2.29. The van der Waals surface area contributed by atoms with Gasteiger partial charge < -0.3 is 19.3 Å². The van der Waals surface area contributed by atoms with Crippen molar-refractivity contribution in [3.05, 3.63) is 165 Å². The summed E-state index contributed by atoms with van der Waals surface area (Å²) in [5, 5.41) is 3.99. The summed E-state index contributed by atoms with van der Waals surface area (Å²) in [5.74, 6) is 1.17. The van der Waals surface area contributed by atoms with Crippen molar-refractivity contribution in [1.82, 2.24) is 9.80 Å². The van der Waals surface area contributed by atoms with Crippen molar-refractivity contribution in [3.63, 3.8) is 0 Å². The van der Waals surface area contributed by atoms with Gasteiger partial charge in [-0.2, -0.15) is 0 Å². The molecule has 0 radical (unpaired) electrons. The van der Waals surface area contributed by atoms with Crippen LogP contribution >= 0.6 is 0 Å². The van der Waals surface area contributed by atoms with E-state index in [9.17, 15) is 0 Å². The number of hydrogen-bond acceptors (Lipinski definition) is 4. The Kier molecular flexibility index (Phi) is 11.0. The third-order valence-electron chi connectivity index (χ3n) is 13.0. The van der Waals surface area contributed by atoms with E-state index in [0.29, 0.717) is 35.6 Å². The normalized spacial score (nSPS) is 15.0. The van der Waals surface area contributed by atoms with Crippen molar-refractivity contribution >= 4 is 44.8 Å². The maximum Gasteiger partial charge on any atom is 0.261 e. The van der Waals surface area contributed by atoms with Gasteiger partial charge in [-0.3, -0.25) is 9.59 Å². The van der Waals surface area contributed by atoms with Gasteiger partial charge >= 0.3 is 0 Å². The first-order chi connectivity index (χ1) is 29.9. The van der Waals surface area contributed by atoms with E-state index < -0.39 is 0 Å². The molecule has 0 aromatic heterocycles. The molecule has 6 aromatic rings. The fraction of sp³-hybridized carbons (Fsp3) is 0.345. The number of carbonyl (C=O) groups is 2. The number of nitrogens with zero attached hydrogens (tertiary/aromatic N) is 2. The molecule has 0 aliphatic carbocycles. The zero-order valence-electron chi connectivity index (χ0n) is 40.3. The lowest BCUT2D eigenvalue weighted by molar-refractivity contribution is -0.124. The highest BCUT2D eigenvalue weighted by Gasteiger charge is 2.49. The zero-order chi connectivity index (χ0) is 46.3. The van der Waals surface area contributed by atoms with Crippen LogP contribution in [0.2, 0.25) is 0 Å². The molecule has 2 heterocycles. The van der Waals surface area contributed by atoms with Crippen molar-refractivity contribution < 1.29 is 19.1 Å². The molecular weight excluding hydrogens is 789 g/mol. The van der Waals surface area contributed by atoms with Gasteiger partial charge in [-0.1, -0.05) is 156 Å². The van der Waals surface area contributed by atoms with E-state index >= 15 is 9.59 Å². The number of ether oxygens (including phenoxy) is 2. The van der Waals surface area contributed by atoms with Gasteiger partial charge in [-0.25, -0.2) is 0 Å². The molecule has 0 saturated heterocycles. The van der Waals surface area contributed by atoms with E-state index in [0.717, 1.165) is 55.3 Å². The summed E-state index contributed by atoms with van der Waals surface area (Å²) < 4.78 is 11.1. The van der Waals surface area contributed by atoms with Gasteiger partial charge in [0.2, 0.25) is 0 Å². The van der Waals surface area contributed by atoms with E-state index in [1.807, 2.05) is 58.3 Å². The minimum Gasteiger partial charge on any atom is -0.497 e. The van der Waals surface area contributed by atoms with Gasteiger partial charge in [0.15, 0.2) is 0 Å². The summed E-state index contributed by atoms with van der Waals surface area (Å²) in [6.45, 7) is 27.4. The topological polar surface area (TPSA) is 59.1 Å². The second-order valence-electron chi connectivity index (χ2n) is 21.9. The van der Waals surface area contributed by atoms with Crippen molar-refractivity contribution in [3.8, 4) is 11.5 Å². The van der Waals surface area contributed by atoms with Crippen LogP contribution in [0, 0.1) is 0 Å². The van der Waals surface area contributed by atoms with Gasteiger partial charge in [0, 0.05) is 0 Å². The van der Waals surface area contributed by atoms with Gasteiger partial charge in [0.05, 0.1) is 49.8 Å². The van der Waals surface area contributed by atoms with Gasteiger partial charge in [0.1, 0.15) is 11.5 Å². The maximum absolute atomic E-state index is 15.7. The predicted molar refractivity (Wildman–Crippen MR) is 264 cm³/mol. The molecule has 330 valence electrons. The molecule has 0 fully saturated rings. The number of hydrogen-bond donors (Lipinski definition) is 0. The molecular formula is C58H64N2O4. The summed E-state index contributed by atoms with van der Waals surface area (Å²) in [6, 6.07) is 38.0. The summed E-state index contributed by atoms with van der Waals surface area (Å²) in [6.07, 6.45) is 0. The largest absolute Gasteiger partial charge is 0.497 e. The fourth-order valence-electron chi connectivity index (χ4n) is 8.96. The van der Waals surface area contributed by atoms with E-state index in [2.05, 4.69) is 144 Å². The lowest BCUT2D eigenvalue weighted by atomic mass is 9.79. The third-order valence-corrected chi connectivity index (χ3v) is 13.0. The Hall–Kier alpha value is -6.14. The Morgan fingerprint density at radius 1 is 0.391 bits per heavy atom. The summed E-state index contributed by atoms with van der Waals surface area (Å²) in [5.41, 5.74) is 10.1. The molecule has 2 aliphatic heterocycles. The van der Waals surface area contributed by atoms with Crippen LogP contribution in [0.5, 0.6) is 11.5 Å². The van der Waals surface area contributed by atoms with E-state index in [1.54, 1.807) is 14.2 Å². The Balaban J connectivity index is 1.39. The second-order valence-corrected chi connectivity index (χ2v) is 21.9. The minimum atomic E-state index is -0.183. The summed E-state index contributed by atoms with van der Waals surface area (Å²) in [4.78, 5) is 35.2. The van der Waals surface area contributed by atoms with Crippen LogP contribution in [0.4, 0.5) is 0 Å². The van der Waals surface area contributed by atoms with Crippen LogP contribution in [-0.2, 0) is 44.3 Å². The maximum atomic E-state index is 15.7. The number of benzene rings is 6. The molecule has 64 heavy (non-hydrogen) atoms. The van der Waals surface area contributed by atoms with Crippen LogP contribution in [0.25, 0.3) is 32.9 Å². The molecule has 0 unspecified atom stereocenters.